The van der Waals surface area contributed by atoms with Crippen LogP contribution in [0.25, 0.3) is 0 Å². The summed E-state index contributed by atoms with van der Waals surface area (Å²) < 4.78 is 25.9. The molecular formula is C13H9ClF2S. The highest BCUT2D eigenvalue weighted by atomic mass is 35.5. The van der Waals surface area contributed by atoms with Crippen LogP contribution in [0.4, 0.5) is 8.78 Å². The Bertz CT molecular complexity index is 529. The van der Waals surface area contributed by atoms with Gasteiger partial charge in [0.05, 0.1) is 5.02 Å². The van der Waals surface area contributed by atoms with E-state index in [0.717, 1.165) is 10.5 Å². The maximum Gasteiger partial charge on any atom is 0.141 e. The first kappa shape index (κ1) is 12.4. The van der Waals surface area contributed by atoms with Crippen LogP contribution in [-0.2, 0) is 5.75 Å². The van der Waals surface area contributed by atoms with Gasteiger partial charge in [-0.15, -0.1) is 11.8 Å². The number of benzene rings is 2. The van der Waals surface area contributed by atoms with Crippen molar-refractivity contribution >= 4 is 23.4 Å². The molecule has 0 atom stereocenters. The summed E-state index contributed by atoms with van der Waals surface area (Å²) in [5, 5.41) is 0.113. The van der Waals surface area contributed by atoms with Crippen LogP contribution < -0.4 is 0 Å². The first-order valence-electron chi connectivity index (χ1n) is 4.97. The van der Waals surface area contributed by atoms with Crippen LogP contribution in [0.3, 0.4) is 0 Å². The minimum absolute atomic E-state index is 0.113. The lowest BCUT2D eigenvalue weighted by molar-refractivity contribution is 0.624. The molecule has 2 aromatic carbocycles. The van der Waals surface area contributed by atoms with Crippen molar-refractivity contribution in [1.82, 2.24) is 0 Å². The Kier molecular flexibility index (Phi) is 4.02. The van der Waals surface area contributed by atoms with Gasteiger partial charge in [0.25, 0.3) is 0 Å². The highest BCUT2D eigenvalue weighted by Crippen LogP contribution is 2.25. The number of hydrogen-bond acceptors (Lipinski definition) is 1. The molecule has 0 N–H and O–H groups in total. The van der Waals surface area contributed by atoms with Gasteiger partial charge in [-0.3, -0.25) is 0 Å². The second-order valence-electron chi connectivity index (χ2n) is 3.49. The monoisotopic (exact) mass is 270 g/mol. The fourth-order valence-electron chi connectivity index (χ4n) is 1.35. The summed E-state index contributed by atoms with van der Waals surface area (Å²) in [6, 6.07) is 11.0. The van der Waals surface area contributed by atoms with Crippen LogP contribution in [-0.4, -0.2) is 0 Å². The molecule has 0 aromatic heterocycles. The van der Waals surface area contributed by atoms with Crippen LogP contribution in [0.1, 0.15) is 5.56 Å². The second-order valence-corrected chi connectivity index (χ2v) is 4.95. The van der Waals surface area contributed by atoms with Gasteiger partial charge in [0.2, 0.25) is 0 Å². The lowest BCUT2D eigenvalue weighted by Crippen LogP contribution is -1.84. The minimum atomic E-state index is -0.425. The van der Waals surface area contributed by atoms with Gasteiger partial charge in [0.15, 0.2) is 0 Å². The van der Waals surface area contributed by atoms with Crippen LogP contribution in [0.2, 0.25) is 5.02 Å². The third kappa shape index (κ3) is 3.45. The fraction of sp³-hybridized carbons (Fsp3) is 0.0769. The van der Waals surface area contributed by atoms with Gasteiger partial charge in [-0.25, -0.2) is 8.78 Å². The Morgan fingerprint density at radius 3 is 2.59 bits per heavy atom. The molecule has 0 aliphatic rings. The van der Waals surface area contributed by atoms with Crippen LogP contribution in [0.15, 0.2) is 47.4 Å². The first-order valence-corrected chi connectivity index (χ1v) is 6.34. The molecule has 0 unspecified atom stereocenters. The third-order valence-corrected chi connectivity index (χ3v) is 3.54. The molecule has 2 rings (SSSR count). The first-order chi connectivity index (χ1) is 8.15. The second kappa shape index (κ2) is 5.52. The summed E-state index contributed by atoms with van der Waals surface area (Å²) in [7, 11) is 0. The summed E-state index contributed by atoms with van der Waals surface area (Å²) in [5.41, 5.74) is 0.908. The van der Waals surface area contributed by atoms with E-state index in [0.29, 0.717) is 5.75 Å². The molecule has 2 aromatic rings. The van der Waals surface area contributed by atoms with E-state index in [2.05, 4.69) is 0 Å². The number of hydrogen-bond donors (Lipinski definition) is 0. The largest absolute Gasteiger partial charge is 0.207 e. The van der Waals surface area contributed by atoms with E-state index in [-0.39, 0.29) is 10.8 Å². The van der Waals surface area contributed by atoms with Crippen molar-refractivity contribution in [3.05, 3.63) is 64.7 Å². The molecule has 4 heteroatoms. The summed E-state index contributed by atoms with van der Waals surface area (Å²) in [4.78, 5) is 0.838. The molecule has 0 aliphatic carbocycles. The number of rotatable bonds is 3. The fourth-order valence-corrected chi connectivity index (χ4v) is 2.44. The summed E-state index contributed by atoms with van der Waals surface area (Å²) in [6.07, 6.45) is 0. The normalized spacial score (nSPS) is 10.5. The van der Waals surface area contributed by atoms with Gasteiger partial charge in [-0.05, 0) is 35.9 Å². The average molecular weight is 271 g/mol. The topological polar surface area (TPSA) is 0 Å². The lowest BCUT2D eigenvalue weighted by Gasteiger charge is -2.03. The van der Waals surface area contributed by atoms with E-state index in [1.807, 2.05) is 6.07 Å². The maximum atomic E-state index is 12.9. The van der Waals surface area contributed by atoms with Crippen LogP contribution in [0.5, 0.6) is 0 Å². The predicted molar refractivity (Wildman–Crippen MR) is 67.4 cm³/mol. The third-order valence-electron chi connectivity index (χ3n) is 2.19. The average Bonchev–Trinajstić information content (AvgIpc) is 2.31. The smallest absolute Gasteiger partial charge is 0.141 e. The number of thioether (sulfide) groups is 1. The Morgan fingerprint density at radius 1 is 1.06 bits per heavy atom. The molecule has 0 aliphatic heterocycles. The van der Waals surface area contributed by atoms with E-state index >= 15 is 0 Å². The zero-order chi connectivity index (χ0) is 12.3. The molecule has 0 saturated carbocycles. The highest BCUT2D eigenvalue weighted by Gasteiger charge is 2.02. The predicted octanol–water partition coefficient (Wildman–Crippen LogP) is 4.91. The maximum absolute atomic E-state index is 12.9. The quantitative estimate of drug-likeness (QED) is 0.714. The Balaban J connectivity index is 2.05. The van der Waals surface area contributed by atoms with Crippen molar-refractivity contribution in [3.8, 4) is 0 Å². The minimum Gasteiger partial charge on any atom is -0.207 e. The zero-order valence-electron chi connectivity index (χ0n) is 8.79. The van der Waals surface area contributed by atoms with Crippen molar-refractivity contribution in [3.63, 3.8) is 0 Å². The van der Waals surface area contributed by atoms with Crippen molar-refractivity contribution in [2.45, 2.75) is 10.6 Å². The molecular weight excluding hydrogens is 262 g/mol. The van der Waals surface area contributed by atoms with Gasteiger partial charge in [-0.1, -0.05) is 23.7 Å². The Labute approximate surface area is 108 Å². The molecule has 0 spiro atoms. The molecule has 88 valence electrons. The van der Waals surface area contributed by atoms with Crippen molar-refractivity contribution in [2.24, 2.45) is 0 Å². The Morgan fingerprint density at radius 2 is 1.88 bits per heavy atom. The van der Waals surface area contributed by atoms with Gasteiger partial charge in [0, 0.05) is 10.6 Å². The standard InChI is InChI=1S/C13H9ClF2S/c14-12-6-9(4-5-13(12)16)8-17-11-3-1-2-10(15)7-11/h1-7H,8H2. The molecule has 0 saturated heterocycles. The SMILES string of the molecule is Fc1cccc(SCc2ccc(F)c(Cl)c2)c1. The molecule has 17 heavy (non-hydrogen) atoms. The van der Waals surface area contributed by atoms with Crippen LogP contribution >= 0.6 is 23.4 Å². The van der Waals surface area contributed by atoms with Gasteiger partial charge in [-0.2, -0.15) is 0 Å². The lowest BCUT2D eigenvalue weighted by atomic mass is 10.2. The molecule has 0 amide bonds. The van der Waals surface area contributed by atoms with E-state index < -0.39 is 5.82 Å². The van der Waals surface area contributed by atoms with Crippen molar-refractivity contribution in [2.75, 3.05) is 0 Å². The van der Waals surface area contributed by atoms with E-state index in [9.17, 15) is 8.78 Å². The van der Waals surface area contributed by atoms with Gasteiger partial charge in [0.1, 0.15) is 11.6 Å². The van der Waals surface area contributed by atoms with E-state index in [1.54, 1.807) is 18.2 Å². The molecule has 0 radical (unpaired) electrons. The number of halogens is 3. The van der Waals surface area contributed by atoms with Gasteiger partial charge >= 0.3 is 0 Å². The van der Waals surface area contributed by atoms with Crippen molar-refractivity contribution < 1.29 is 8.78 Å². The highest BCUT2D eigenvalue weighted by molar-refractivity contribution is 7.98. The summed E-state index contributed by atoms with van der Waals surface area (Å²) in [6.45, 7) is 0. The molecule has 0 nitrogen and oxygen atoms in total. The zero-order valence-corrected chi connectivity index (χ0v) is 10.4. The summed E-state index contributed by atoms with van der Waals surface area (Å²) in [5.74, 6) is -0.0537. The van der Waals surface area contributed by atoms with E-state index in [1.165, 1.54) is 30.0 Å². The van der Waals surface area contributed by atoms with Crippen LogP contribution in [0, 0.1) is 11.6 Å². The summed E-state index contributed by atoms with van der Waals surface area (Å²) >= 11 is 7.16. The van der Waals surface area contributed by atoms with E-state index in [4.69, 9.17) is 11.6 Å². The van der Waals surface area contributed by atoms with Gasteiger partial charge < -0.3 is 0 Å². The molecule has 0 bridgehead atoms. The van der Waals surface area contributed by atoms with Crippen molar-refractivity contribution in [1.29, 1.82) is 0 Å². The Hall–Kier alpha value is -1.06. The molecule has 0 fully saturated rings. The molecule has 0 heterocycles.